The molecule has 0 saturated carbocycles. The van der Waals surface area contributed by atoms with E-state index in [9.17, 15) is 20.1 Å². The Morgan fingerprint density at radius 2 is 1.68 bits per heavy atom. The number of piperidine rings is 1. The topological polar surface area (TPSA) is 103 Å². The lowest BCUT2D eigenvalue weighted by Crippen LogP contribution is -2.40. The van der Waals surface area contributed by atoms with Crippen molar-refractivity contribution in [3.05, 3.63) is 59.7 Å². The van der Waals surface area contributed by atoms with E-state index in [1.165, 1.54) is 0 Å². The van der Waals surface area contributed by atoms with Gasteiger partial charge in [0.2, 0.25) is 0 Å². The van der Waals surface area contributed by atoms with Crippen molar-refractivity contribution < 1.29 is 25.0 Å². The van der Waals surface area contributed by atoms with E-state index in [0.29, 0.717) is 36.3 Å². The second-order valence-corrected chi connectivity index (χ2v) is 6.79. The fraction of sp³-hybridized carbons (Fsp3) is 0.333. The highest BCUT2D eigenvalue weighted by atomic mass is 16.6. The van der Waals surface area contributed by atoms with E-state index in [-0.39, 0.29) is 24.0 Å². The first-order valence-electron chi connectivity index (χ1n) is 9.28. The van der Waals surface area contributed by atoms with Crippen molar-refractivity contribution in [3.8, 4) is 11.5 Å². The highest BCUT2D eigenvalue weighted by Gasteiger charge is 2.25. The Labute approximate surface area is 163 Å². The molecule has 1 fully saturated rings. The van der Waals surface area contributed by atoms with Crippen molar-refractivity contribution in [2.75, 3.05) is 26.2 Å². The molecule has 7 nitrogen and oxygen atoms in total. The maximum Gasteiger partial charge on any atom is 0.307 e. The zero-order chi connectivity index (χ0) is 19.9. The van der Waals surface area contributed by atoms with Crippen LogP contribution in [0.4, 0.5) is 0 Å². The van der Waals surface area contributed by atoms with Crippen LogP contribution in [0.5, 0.6) is 11.5 Å². The molecule has 0 amide bonds. The maximum absolute atomic E-state index is 11.2. The average molecular weight is 384 g/mol. The Hall–Kier alpha value is -3.06. The molecule has 1 heterocycles. The summed E-state index contributed by atoms with van der Waals surface area (Å²) in [6.45, 7) is 2.18. The van der Waals surface area contributed by atoms with E-state index >= 15 is 0 Å². The normalized spacial score (nSPS) is 17.1. The molecule has 7 heteroatoms. The predicted molar refractivity (Wildman–Crippen MR) is 105 cm³/mol. The molecule has 0 aromatic heterocycles. The van der Waals surface area contributed by atoms with Gasteiger partial charge in [-0.2, -0.15) is 0 Å². The molecule has 1 saturated heterocycles. The molecule has 0 aliphatic carbocycles. The van der Waals surface area contributed by atoms with E-state index in [1.54, 1.807) is 48.5 Å². The van der Waals surface area contributed by atoms with E-state index < -0.39 is 5.97 Å². The first-order chi connectivity index (χ1) is 13.6. The van der Waals surface area contributed by atoms with Gasteiger partial charge in [0.1, 0.15) is 23.8 Å². The van der Waals surface area contributed by atoms with Crippen molar-refractivity contribution in [1.82, 2.24) is 4.90 Å². The van der Waals surface area contributed by atoms with E-state index in [1.807, 2.05) is 0 Å². The highest BCUT2D eigenvalue weighted by Crippen LogP contribution is 2.26. The number of oxime groups is 1. The minimum absolute atomic E-state index is 0.0356. The third-order valence-corrected chi connectivity index (χ3v) is 4.83. The van der Waals surface area contributed by atoms with Gasteiger partial charge in [-0.05, 0) is 43.7 Å². The molecule has 1 unspecified atom stereocenters. The molecule has 3 rings (SSSR count). The summed E-state index contributed by atoms with van der Waals surface area (Å²) in [5.74, 6) is -1.03. The van der Waals surface area contributed by atoms with Gasteiger partial charge in [-0.25, -0.2) is 0 Å². The molecule has 28 heavy (non-hydrogen) atoms. The first kappa shape index (κ1) is 19.7. The summed E-state index contributed by atoms with van der Waals surface area (Å²) in [6, 6.07) is 13.4. The second-order valence-electron chi connectivity index (χ2n) is 6.79. The largest absolute Gasteiger partial charge is 0.507 e. The average Bonchev–Trinajstić information content (AvgIpc) is 2.70. The number of phenolic OH excluding ortho intramolecular Hbond substituents is 2. The summed E-state index contributed by atoms with van der Waals surface area (Å²) in [5.41, 5.74) is 1.24. The molecule has 0 radical (unpaired) electrons. The van der Waals surface area contributed by atoms with Crippen molar-refractivity contribution in [1.29, 1.82) is 0 Å². The Morgan fingerprint density at radius 1 is 1.07 bits per heavy atom. The summed E-state index contributed by atoms with van der Waals surface area (Å²) in [6.07, 6.45) is 1.55. The monoisotopic (exact) mass is 384 g/mol. The fourth-order valence-corrected chi connectivity index (χ4v) is 3.33. The van der Waals surface area contributed by atoms with Gasteiger partial charge in [-0.3, -0.25) is 9.69 Å². The number of carbonyl (C=O) groups is 1. The lowest BCUT2D eigenvalue weighted by Gasteiger charge is -2.29. The number of benzene rings is 2. The number of phenols is 2. The SMILES string of the molecule is O=C(O)C1CCCN(CCON=C(c2ccccc2O)c2ccccc2O)C1. The van der Waals surface area contributed by atoms with Gasteiger partial charge in [0.05, 0.1) is 5.92 Å². The Morgan fingerprint density at radius 3 is 2.25 bits per heavy atom. The van der Waals surface area contributed by atoms with Crippen LogP contribution >= 0.6 is 0 Å². The maximum atomic E-state index is 11.2. The Kier molecular flexibility index (Phi) is 6.49. The van der Waals surface area contributed by atoms with Crippen molar-refractivity contribution in [3.63, 3.8) is 0 Å². The van der Waals surface area contributed by atoms with Gasteiger partial charge >= 0.3 is 5.97 Å². The number of nitrogens with zero attached hydrogens (tertiary/aromatic N) is 2. The third kappa shape index (κ3) is 4.80. The molecule has 1 atom stereocenters. The molecule has 2 aromatic rings. The van der Waals surface area contributed by atoms with Gasteiger partial charge in [0.15, 0.2) is 0 Å². The lowest BCUT2D eigenvalue weighted by atomic mass is 9.98. The number of likely N-dealkylation sites (tertiary alicyclic amines) is 1. The number of carboxylic acid groups (broad SMARTS) is 1. The zero-order valence-electron chi connectivity index (χ0n) is 15.5. The van der Waals surface area contributed by atoms with Gasteiger partial charge in [-0.15, -0.1) is 0 Å². The Balaban J connectivity index is 1.71. The fourth-order valence-electron chi connectivity index (χ4n) is 3.33. The number of rotatable bonds is 7. The van der Waals surface area contributed by atoms with Crippen LogP contribution < -0.4 is 0 Å². The molecule has 2 aromatic carbocycles. The lowest BCUT2D eigenvalue weighted by molar-refractivity contribution is -0.143. The van der Waals surface area contributed by atoms with Gasteiger partial charge in [-0.1, -0.05) is 29.4 Å². The summed E-state index contributed by atoms with van der Waals surface area (Å²) in [4.78, 5) is 18.7. The molecular formula is C21H24N2O5. The van der Waals surface area contributed by atoms with E-state index in [4.69, 9.17) is 4.84 Å². The first-order valence-corrected chi connectivity index (χ1v) is 9.28. The molecule has 148 valence electrons. The van der Waals surface area contributed by atoms with Crippen LogP contribution in [0, 0.1) is 5.92 Å². The van der Waals surface area contributed by atoms with Crippen LogP contribution in [0.3, 0.4) is 0 Å². The van der Waals surface area contributed by atoms with Crippen LogP contribution in [-0.4, -0.2) is 58.1 Å². The van der Waals surface area contributed by atoms with Crippen LogP contribution in [0.1, 0.15) is 24.0 Å². The van der Waals surface area contributed by atoms with Crippen molar-refractivity contribution in [2.45, 2.75) is 12.8 Å². The van der Waals surface area contributed by atoms with Gasteiger partial charge < -0.3 is 20.2 Å². The van der Waals surface area contributed by atoms with Crippen LogP contribution in [0.15, 0.2) is 53.7 Å². The minimum Gasteiger partial charge on any atom is -0.507 e. The third-order valence-electron chi connectivity index (χ3n) is 4.83. The number of carboxylic acids is 1. The van der Waals surface area contributed by atoms with Crippen LogP contribution in [-0.2, 0) is 9.63 Å². The van der Waals surface area contributed by atoms with E-state index in [2.05, 4.69) is 10.1 Å². The molecule has 0 bridgehead atoms. The Bertz CT molecular complexity index is 805. The van der Waals surface area contributed by atoms with Crippen LogP contribution in [0.2, 0.25) is 0 Å². The molecule has 3 N–H and O–H groups in total. The number of aliphatic carboxylic acids is 1. The smallest absolute Gasteiger partial charge is 0.307 e. The molecular weight excluding hydrogens is 360 g/mol. The summed E-state index contributed by atoms with van der Waals surface area (Å²) < 4.78 is 0. The number of para-hydroxylation sites is 2. The predicted octanol–water partition coefficient (Wildman–Crippen LogP) is 2.66. The van der Waals surface area contributed by atoms with Crippen LogP contribution in [0.25, 0.3) is 0 Å². The molecule has 1 aliphatic rings. The summed E-state index contributed by atoms with van der Waals surface area (Å²) in [7, 11) is 0. The standard InChI is InChI=1S/C21H24N2O5/c24-18-9-3-1-7-16(18)20(17-8-2-4-10-19(17)25)22-28-13-12-23-11-5-6-15(14-23)21(26)27/h1-4,7-10,15,24-25H,5-6,11-14H2,(H,26,27). The van der Waals surface area contributed by atoms with Gasteiger partial charge in [0, 0.05) is 24.2 Å². The molecule has 1 aliphatic heterocycles. The second kappa shape index (κ2) is 9.23. The number of aromatic hydroxyl groups is 2. The number of hydrogen-bond donors (Lipinski definition) is 3. The molecule has 0 spiro atoms. The minimum atomic E-state index is -0.759. The quantitative estimate of drug-likeness (QED) is 0.385. The number of hydrogen-bond acceptors (Lipinski definition) is 6. The zero-order valence-corrected chi connectivity index (χ0v) is 15.5. The van der Waals surface area contributed by atoms with Crippen molar-refractivity contribution in [2.24, 2.45) is 11.1 Å². The summed E-state index contributed by atoms with van der Waals surface area (Å²) in [5, 5.41) is 33.7. The highest BCUT2D eigenvalue weighted by molar-refractivity contribution is 6.15. The van der Waals surface area contributed by atoms with E-state index in [0.717, 1.165) is 13.0 Å². The van der Waals surface area contributed by atoms with Crippen molar-refractivity contribution >= 4 is 11.7 Å². The summed E-state index contributed by atoms with van der Waals surface area (Å²) >= 11 is 0. The van der Waals surface area contributed by atoms with Gasteiger partial charge in [0.25, 0.3) is 0 Å².